The Labute approximate surface area is 108 Å². The van der Waals surface area contributed by atoms with Crippen molar-refractivity contribution in [1.29, 1.82) is 0 Å². The predicted molar refractivity (Wildman–Crippen MR) is 73.7 cm³/mol. The molecule has 1 aromatic carbocycles. The Hall–Kier alpha value is -1.27. The van der Waals surface area contributed by atoms with Gasteiger partial charge in [-0.05, 0) is 24.5 Å². The molecule has 1 aromatic rings. The Bertz CT molecular complexity index is 540. The second kappa shape index (κ2) is 4.78. The fraction of sp³-hybridized carbons (Fsp3) is 0.500. The largest absolute Gasteiger partial charge is 0.398 e. The molecule has 18 heavy (non-hydrogen) atoms. The lowest BCUT2D eigenvalue weighted by Crippen LogP contribution is -2.41. The number of anilines is 2. The van der Waals surface area contributed by atoms with Gasteiger partial charge >= 0.3 is 10.2 Å². The quantitative estimate of drug-likeness (QED) is 0.804. The normalized spacial score (nSPS) is 15.2. The topological polar surface area (TPSA) is 75.4 Å². The molecule has 0 spiro atoms. The van der Waals surface area contributed by atoms with Crippen LogP contribution in [0.25, 0.3) is 0 Å². The van der Waals surface area contributed by atoms with E-state index in [1.165, 1.54) is 4.31 Å². The molecule has 0 radical (unpaired) electrons. The van der Waals surface area contributed by atoms with E-state index < -0.39 is 10.2 Å². The maximum atomic E-state index is 12.2. The van der Waals surface area contributed by atoms with E-state index in [1.807, 2.05) is 13.8 Å². The first kappa shape index (κ1) is 13.2. The van der Waals surface area contributed by atoms with E-state index >= 15 is 0 Å². The Morgan fingerprint density at radius 1 is 1.44 bits per heavy atom. The van der Waals surface area contributed by atoms with Gasteiger partial charge in [0.2, 0.25) is 0 Å². The molecule has 100 valence electrons. The Balaban J connectivity index is 2.25. The van der Waals surface area contributed by atoms with Crippen molar-refractivity contribution in [2.75, 3.05) is 23.1 Å². The minimum absolute atomic E-state index is 0.280. The van der Waals surface area contributed by atoms with Crippen molar-refractivity contribution in [3.05, 3.63) is 23.8 Å². The van der Waals surface area contributed by atoms with Crippen molar-refractivity contribution in [2.24, 2.45) is 5.92 Å². The van der Waals surface area contributed by atoms with Crippen molar-refractivity contribution in [3.63, 3.8) is 0 Å². The summed E-state index contributed by atoms with van der Waals surface area (Å²) in [6.45, 7) is 4.84. The van der Waals surface area contributed by atoms with E-state index in [-0.39, 0.29) is 5.92 Å². The minimum atomic E-state index is -3.46. The van der Waals surface area contributed by atoms with E-state index in [0.717, 1.165) is 5.56 Å². The molecular formula is C12H19N3O2S. The Morgan fingerprint density at radius 3 is 2.83 bits per heavy atom. The van der Waals surface area contributed by atoms with Crippen LogP contribution in [0, 0.1) is 5.92 Å². The van der Waals surface area contributed by atoms with Crippen LogP contribution in [0.15, 0.2) is 18.2 Å². The van der Waals surface area contributed by atoms with Crippen LogP contribution in [0.1, 0.15) is 19.4 Å². The average molecular weight is 269 g/mol. The molecule has 0 unspecified atom stereocenters. The van der Waals surface area contributed by atoms with Crippen molar-refractivity contribution < 1.29 is 8.42 Å². The lowest BCUT2D eigenvalue weighted by atomic mass is 10.1. The molecule has 1 aliphatic heterocycles. The molecule has 5 nitrogen and oxygen atoms in total. The molecular weight excluding hydrogens is 250 g/mol. The van der Waals surface area contributed by atoms with Crippen molar-refractivity contribution in [1.82, 2.24) is 4.72 Å². The van der Waals surface area contributed by atoms with Crippen LogP contribution in [0.5, 0.6) is 0 Å². The number of rotatable bonds is 4. The van der Waals surface area contributed by atoms with Gasteiger partial charge in [0.25, 0.3) is 0 Å². The molecule has 2 rings (SSSR count). The average Bonchev–Trinajstić information content (AvgIpc) is 2.72. The van der Waals surface area contributed by atoms with Gasteiger partial charge in [0.15, 0.2) is 0 Å². The van der Waals surface area contributed by atoms with E-state index in [4.69, 9.17) is 5.73 Å². The van der Waals surface area contributed by atoms with Gasteiger partial charge < -0.3 is 5.73 Å². The SMILES string of the molecule is CC(C)CNS(=O)(=O)N1CCc2c(N)cccc21. The number of nitrogens with one attached hydrogen (secondary N) is 1. The molecule has 6 heteroatoms. The highest BCUT2D eigenvalue weighted by Crippen LogP contribution is 2.33. The lowest BCUT2D eigenvalue weighted by Gasteiger charge is -2.20. The molecule has 0 aromatic heterocycles. The summed E-state index contributed by atoms with van der Waals surface area (Å²) < 4.78 is 28.4. The highest BCUT2D eigenvalue weighted by atomic mass is 32.2. The third kappa shape index (κ3) is 2.44. The first-order valence-corrected chi connectivity index (χ1v) is 7.50. The fourth-order valence-electron chi connectivity index (χ4n) is 2.03. The van der Waals surface area contributed by atoms with Crippen LogP contribution < -0.4 is 14.8 Å². The zero-order chi connectivity index (χ0) is 13.3. The number of nitrogens with two attached hydrogens (primary N) is 1. The van der Waals surface area contributed by atoms with Crippen LogP contribution in [0.4, 0.5) is 11.4 Å². The first-order valence-electron chi connectivity index (χ1n) is 6.06. The lowest BCUT2D eigenvalue weighted by molar-refractivity contribution is 0.557. The van der Waals surface area contributed by atoms with E-state index in [2.05, 4.69) is 4.72 Å². The second-order valence-corrected chi connectivity index (χ2v) is 6.59. The number of hydrogen-bond donors (Lipinski definition) is 2. The molecule has 0 bridgehead atoms. The predicted octanol–water partition coefficient (Wildman–Crippen LogP) is 1.12. The van der Waals surface area contributed by atoms with Crippen molar-refractivity contribution >= 4 is 21.6 Å². The molecule has 0 amide bonds. The number of benzene rings is 1. The van der Waals surface area contributed by atoms with Crippen LogP contribution >= 0.6 is 0 Å². The third-order valence-corrected chi connectivity index (χ3v) is 4.48. The Kier molecular flexibility index (Phi) is 3.49. The zero-order valence-corrected chi connectivity index (χ0v) is 11.5. The van der Waals surface area contributed by atoms with E-state index in [1.54, 1.807) is 18.2 Å². The van der Waals surface area contributed by atoms with Crippen LogP contribution in [0.2, 0.25) is 0 Å². The summed E-state index contributed by atoms with van der Waals surface area (Å²) in [4.78, 5) is 0. The van der Waals surface area contributed by atoms with Gasteiger partial charge in [0.05, 0.1) is 5.69 Å². The summed E-state index contributed by atoms with van der Waals surface area (Å²) in [7, 11) is -3.46. The van der Waals surface area contributed by atoms with Gasteiger partial charge in [-0.1, -0.05) is 19.9 Å². The number of nitrogens with zero attached hydrogens (tertiary/aromatic N) is 1. The summed E-state index contributed by atoms with van der Waals surface area (Å²) >= 11 is 0. The number of hydrogen-bond acceptors (Lipinski definition) is 3. The highest BCUT2D eigenvalue weighted by Gasteiger charge is 2.30. The molecule has 0 saturated carbocycles. The minimum Gasteiger partial charge on any atom is -0.398 e. The fourth-order valence-corrected chi connectivity index (χ4v) is 3.49. The molecule has 1 heterocycles. The molecule has 3 N–H and O–H groups in total. The molecule has 0 atom stereocenters. The van der Waals surface area contributed by atoms with Gasteiger partial charge in [-0.2, -0.15) is 13.1 Å². The second-order valence-electron chi connectivity index (χ2n) is 4.91. The first-order chi connectivity index (χ1) is 8.42. The number of nitrogen functional groups attached to an aromatic ring is 1. The maximum absolute atomic E-state index is 12.2. The summed E-state index contributed by atoms with van der Waals surface area (Å²) in [5, 5.41) is 0. The van der Waals surface area contributed by atoms with Gasteiger partial charge in [-0.15, -0.1) is 0 Å². The van der Waals surface area contributed by atoms with Gasteiger partial charge in [0.1, 0.15) is 0 Å². The van der Waals surface area contributed by atoms with E-state index in [9.17, 15) is 8.42 Å². The summed E-state index contributed by atoms with van der Waals surface area (Å²) in [6.07, 6.45) is 0.671. The van der Waals surface area contributed by atoms with E-state index in [0.29, 0.717) is 30.9 Å². The van der Waals surface area contributed by atoms with Crippen LogP contribution in [-0.2, 0) is 16.6 Å². The van der Waals surface area contributed by atoms with Crippen LogP contribution in [0.3, 0.4) is 0 Å². The molecule has 1 aliphatic rings. The summed E-state index contributed by atoms with van der Waals surface area (Å²) in [5.41, 5.74) is 8.14. The standard InChI is InChI=1S/C12H19N3O2S/c1-9(2)8-14-18(16,17)15-7-6-10-11(13)4-3-5-12(10)15/h3-5,9,14H,6-8,13H2,1-2H3. The van der Waals surface area contributed by atoms with Crippen molar-refractivity contribution in [2.45, 2.75) is 20.3 Å². The highest BCUT2D eigenvalue weighted by molar-refractivity contribution is 7.90. The molecule has 0 saturated heterocycles. The van der Waals surface area contributed by atoms with Gasteiger partial charge in [-0.25, -0.2) is 0 Å². The number of fused-ring (bicyclic) bond motifs is 1. The van der Waals surface area contributed by atoms with Crippen molar-refractivity contribution in [3.8, 4) is 0 Å². The smallest absolute Gasteiger partial charge is 0.301 e. The van der Waals surface area contributed by atoms with Crippen LogP contribution in [-0.4, -0.2) is 21.5 Å². The van der Waals surface area contributed by atoms with Gasteiger partial charge in [0, 0.05) is 24.3 Å². The van der Waals surface area contributed by atoms with Gasteiger partial charge in [-0.3, -0.25) is 4.31 Å². The monoisotopic (exact) mass is 269 g/mol. The molecule has 0 aliphatic carbocycles. The summed E-state index contributed by atoms with van der Waals surface area (Å²) in [6, 6.07) is 5.38. The third-order valence-electron chi connectivity index (χ3n) is 2.99. The maximum Gasteiger partial charge on any atom is 0.301 e. The zero-order valence-electron chi connectivity index (χ0n) is 10.7. The Morgan fingerprint density at radius 2 is 2.17 bits per heavy atom. The molecule has 0 fully saturated rings. The summed E-state index contributed by atoms with van der Waals surface area (Å²) in [5.74, 6) is 0.280.